The van der Waals surface area contributed by atoms with Crippen LogP contribution >= 0.6 is 15.9 Å². The summed E-state index contributed by atoms with van der Waals surface area (Å²) in [6.45, 7) is 1.09. The van der Waals surface area contributed by atoms with Gasteiger partial charge in [0.25, 0.3) is 0 Å². The van der Waals surface area contributed by atoms with E-state index in [0.717, 1.165) is 28.9 Å². The summed E-state index contributed by atoms with van der Waals surface area (Å²) < 4.78 is 14.9. The first-order chi connectivity index (χ1) is 9.20. The molecule has 1 saturated heterocycles. The van der Waals surface area contributed by atoms with Crippen LogP contribution in [-0.4, -0.2) is 12.1 Å². The lowest BCUT2D eigenvalue weighted by atomic mass is 9.82. The molecule has 0 bridgehead atoms. The number of hydrogen-bond acceptors (Lipinski definition) is 1. The topological polar surface area (TPSA) is 12.0 Å². The lowest BCUT2D eigenvalue weighted by Crippen LogP contribution is -2.48. The molecule has 1 nitrogen and oxygen atoms in total. The molecule has 2 fully saturated rings. The summed E-state index contributed by atoms with van der Waals surface area (Å²) in [4.78, 5) is 0. The summed E-state index contributed by atoms with van der Waals surface area (Å²) in [5.41, 5.74) is 1.02. The average molecular weight is 326 g/mol. The van der Waals surface area contributed by atoms with Crippen LogP contribution in [0.1, 0.15) is 44.1 Å². The van der Waals surface area contributed by atoms with Crippen LogP contribution in [0.5, 0.6) is 0 Å². The molecule has 0 spiro atoms. The van der Waals surface area contributed by atoms with Crippen molar-refractivity contribution in [3.05, 3.63) is 34.1 Å². The lowest BCUT2D eigenvalue weighted by Gasteiger charge is -2.34. The van der Waals surface area contributed by atoms with E-state index >= 15 is 0 Å². The van der Waals surface area contributed by atoms with Gasteiger partial charge >= 0.3 is 0 Å². The van der Waals surface area contributed by atoms with Crippen molar-refractivity contribution < 1.29 is 4.39 Å². The zero-order valence-electron chi connectivity index (χ0n) is 11.2. The third-order valence-electron chi connectivity index (χ3n) is 4.66. The van der Waals surface area contributed by atoms with Gasteiger partial charge in [-0.1, -0.05) is 34.8 Å². The fraction of sp³-hybridized carbons (Fsp3) is 0.625. The predicted octanol–water partition coefficient (Wildman–Crippen LogP) is 4.44. The van der Waals surface area contributed by atoms with Gasteiger partial charge < -0.3 is 5.32 Å². The molecular weight excluding hydrogens is 305 g/mol. The second-order valence-corrected chi connectivity index (χ2v) is 7.00. The number of rotatable bonds is 3. The summed E-state index contributed by atoms with van der Waals surface area (Å²) in [7, 11) is 0. The number of benzene rings is 1. The Balaban J connectivity index is 1.84. The minimum Gasteiger partial charge on any atom is -0.311 e. The highest BCUT2D eigenvalue weighted by molar-refractivity contribution is 9.10. The second kappa shape index (κ2) is 5.53. The van der Waals surface area contributed by atoms with Crippen molar-refractivity contribution >= 4 is 15.9 Å². The highest BCUT2D eigenvalue weighted by Gasteiger charge is 2.45. The van der Waals surface area contributed by atoms with Gasteiger partial charge in [-0.2, -0.15) is 0 Å². The molecule has 1 aromatic rings. The fourth-order valence-corrected chi connectivity index (χ4v) is 3.79. The molecule has 1 aliphatic carbocycles. The molecule has 2 aliphatic rings. The largest absolute Gasteiger partial charge is 0.311 e. The molecule has 1 saturated carbocycles. The van der Waals surface area contributed by atoms with E-state index in [-0.39, 0.29) is 11.4 Å². The molecule has 3 rings (SSSR count). The zero-order chi connectivity index (χ0) is 13.3. The minimum absolute atomic E-state index is 0.0690. The molecule has 1 unspecified atom stereocenters. The van der Waals surface area contributed by atoms with Crippen molar-refractivity contribution in [1.29, 1.82) is 0 Å². The van der Waals surface area contributed by atoms with Gasteiger partial charge in [-0.3, -0.25) is 0 Å². The Morgan fingerprint density at radius 1 is 1.26 bits per heavy atom. The maximum Gasteiger partial charge on any atom is 0.127 e. The fourth-order valence-electron chi connectivity index (χ4n) is 3.45. The van der Waals surface area contributed by atoms with Crippen molar-refractivity contribution in [3.63, 3.8) is 0 Å². The van der Waals surface area contributed by atoms with Crippen LogP contribution in [0, 0.1) is 11.7 Å². The standard InChI is InChI=1S/C16H21BrFN/c17-14-7-4-12(15(18)10-14)11-16(13-5-6-13)8-2-1-3-9-19-16/h4,7,10,13,19H,1-3,5-6,8-9,11H2. The maximum atomic E-state index is 14.1. The maximum absolute atomic E-state index is 14.1. The summed E-state index contributed by atoms with van der Waals surface area (Å²) in [5, 5.41) is 3.77. The first-order valence-electron chi connectivity index (χ1n) is 7.39. The van der Waals surface area contributed by atoms with E-state index in [4.69, 9.17) is 0 Å². The number of nitrogens with one attached hydrogen (secondary N) is 1. The molecular formula is C16H21BrFN. The highest BCUT2D eigenvalue weighted by Crippen LogP contribution is 2.45. The first-order valence-corrected chi connectivity index (χ1v) is 8.18. The molecule has 3 heteroatoms. The molecule has 0 radical (unpaired) electrons. The van der Waals surface area contributed by atoms with Crippen LogP contribution in [0.2, 0.25) is 0 Å². The van der Waals surface area contributed by atoms with Gasteiger partial charge in [-0.25, -0.2) is 4.39 Å². The minimum atomic E-state index is -0.0690. The molecule has 0 amide bonds. The van der Waals surface area contributed by atoms with Gasteiger partial charge in [0.1, 0.15) is 5.82 Å². The Kier molecular flexibility index (Phi) is 3.95. The van der Waals surface area contributed by atoms with E-state index in [1.165, 1.54) is 38.5 Å². The summed E-state index contributed by atoms with van der Waals surface area (Å²) in [6.07, 6.45) is 8.52. The summed E-state index contributed by atoms with van der Waals surface area (Å²) in [5.74, 6) is 0.689. The molecule has 0 aromatic heterocycles. The Morgan fingerprint density at radius 2 is 2.11 bits per heavy atom. The molecule has 104 valence electrons. The van der Waals surface area contributed by atoms with Gasteiger partial charge in [0, 0.05) is 10.0 Å². The number of halogens is 2. The smallest absolute Gasteiger partial charge is 0.127 e. The van der Waals surface area contributed by atoms with Gasteiger partial charge in [0.2, 0.25) is 0 Å². The third kappa shape index (κ3) is 3.03. The summed E-state index contributed by atoms with van der Waals surface area (Å²) in [6, 6.07) is 5.48. The van der Waals surface area contributed by atoms with Crippen LogP contribution in [0.15, 0.2) is 22.7 Å². The van der Waals surface area contributed by atoms with Crippen molar-refractivity contribution in [2.75, 3.05) is 6.54 Å². The zero-order valence-corrected chi connectivity index (χ0v) is 12.8. The van der Waals surface area contributed by atoms with E-state index in [1.54, 1.807) is 6.07 Å². The van der Waals surface area contributed by atoms with E-state index in [9.17, 15) is 4.39 Å². The van der Waals surface area contributed by atoms with Crippen LogP contribution in [0.25, 0.3) is 0 Å². The van der Waals surface area contributed by atoms with Gasteiger partial charge in [0.05, 0.1) is 0 Å². The van der Waals surface area contributed by atoms with Gasteiger partial charge in [-0.15, -0.1) is 0 Å². The lowest BCUT2D eigenvalue weighted by molar-refractivity contribution is 0.268. The van der Waals surface area contributed by atoms with Gasteiger partial charge in [0.15, 0.2) is 0 Å². The van der Waals surface area contributed by atoms with Crippen LogP contribution in [0.3, 0.4) is 0 Å². The Morgan fingerprint density at radius 3 is 2.84 bits per heavy atom. The molecule has 1 aromatic carbocycles. The molecule has 1 heterocycles. The average Bonchev–Trinajstić information content (AvgIpc) is 3.19. The van der Waals surface area contributed by atoms with E-state index in [1.807, 2.05) is 12.1 Å². The van der Waals surface area contributed by atoms with Crippen molar-refractivity contribution in [2.45, 2.75) is 50.5 Å². The predicted molar refractivity (Wildman–Crippen MR) is 79.7 cm³/mol. The second-order valence-electron chi connectivity index (χ2n) is 6.08. The Hall–Kier alpha value is -0.410. The van der Waals surface area contributed by atoms with Crippen LogP contribution in [0.4, 0.5) is 4.39 Å². The SMILES string of the molecule is Fc1cc(Br)ccc1CC1(C2CC2)CCCCCN1. The quantitative estimate of drug-likeness (QED) is 0.866. The molecule has 1 aliphatic heterocycles. The van der Waals surface area contributed by atoms with Gasteiger partial charge in [-0.05, 0) is 62.3 Å². The van der Waals surface area contributed by atoms with Crippen LogP contribution in [-0.2, 0) is 6.42 Å². The highest BCUT2D eigenvalue weighted by atomic mass is 79.9. The Labute approximate surface area is 123 Å². The van der Waals surface area contributed by atoms with Crippen molar-refractivity contribution in [3.8, 4) is 0 Å². The molecule has 19 heavy (non-hydrogen) atoms. The van der Waals surface area contributed by atoms with Crippen molar-refractivity contribution in [2.24, 2.45) is 5.92 Å². The normalized spacial score (nSPS) is 28.1. The third-order valence-corrected chi connectivity index (χ3v) is 5.15. The monoisotopic (exact) mass is 325 g/mol. The van der Waals surface area contributed by atoms with Crippen molar-refractivity contribution in [1.82, 2.24) is 5.32 Å². The molecule has 1 N–H and O–H groups in total. The number of hydrogen-bond donors (Lipinski definition) is 1. The Bertz CT molecular complexity index is 448. The first kappa shape index (κ1) is 13.6. The summed E-state index contributed by atoms with van der Waals surface area (Å²) >= 11 is 3.33. The molecule has 1 atom stereocenters. The van der Waals surface area contributed by atoms with Crippen LogP contribution < -0.4 is 5.32 Å². The van der Waals surface area contributed by atoms with E-state index in [2.05, 4.69) is 21.2 Å². The van der Waals surface area contributed by atoms with E-state index in [0.29, 0.717) is 0 Å². The van der Waals surface area contributed by atoms with E-state index < -0.39 is 0 Å².